The van der Waals surface area contributed by atoms with Crippen molar-refractivity contribution in [2.45, 2.75) is 15.0 Å². The third-order valence-corrected chi connectivity index (χ3v) is 1.70. The number of rotatable bonds is 2. The molecule has 8 heavy (non-hydrogen) atoms. The average molecular weight is 308 g/mol. The van der Waals surface area contributed by atoms with E-state index in [4.69, 9.17) is 0 Å². The number of halogens is 3. The topological polar surface area (TPSA) is 17.1 Å². The highest BCUT2D eigenvalue weighted by atomic mass is 80.0. The molecule has 0 saturated carbocycles. The summed E-state index contributed by atoms with van der Waals surface area (Å²) in [6.45, 7) is 0. The maximum absolute atomic E-state index is 9.66. The summed E-state index contributed by atoms with van der Waals surface area (Å²) in [5.74, 6) is 0. The molecule has 0 bridgehead atoms. The molecule has 0 spiro atoms. The van der Waals surface area contributed by atoms with E-state index in [1.165, 1.54) is 0 Å². The smallest absolute Gasteiger partial charge is 0.198 e. The van der Waals surface area contributed by atoms with E-state index in [0.717, 1.165) is 0 Å². The van der Waals surface area contributed by atoms with Gasteiger partial charge in [-0.2, -0.15) is 0 Å². The molecule has 0 aliphatic rings. The van der Waals surface area contributed by atoms with Crippen LogP contribution in [-0.2, 0) is 4.79 Å². The third kappa shape index (κ3) is 7.11. The fourth-order valence-electron chi connectivity index (χ4n) is 0.193. The Hall–Kier alpha value is 1.11. The van der Waals surface area contributed by atoms with Gasteiger partial charge in [-0.25, -0.2) is 0 Å². The molecular formula is C4H4Br3O. The maximum atomic E-state index is 9.66. The molecule has 0 heterocycles. The van der Waals surface area contributed by atoms with Gasteiger partial charge in [0.1, 0.15) is 2.14 Å². The van der Waals surface area contributed by atoms with Crippen LogP contribution >= 0.6 is 47.8 Å². The first kappa shape index (κ1) is 9.11. The molecular weight excluding hydrogens is 304 g/mol. The van der Waals surface area contributed by atoms with Gasteiger partial charge in [0.15, 0.2) is 6.29 Å². The molecule has 0 aliphatic heterocycles. The zero-order chi connectivity index (χ0) is 6.62. The van der Waals surface area contributed by atoms with Crippen molar-refractivity contribution in [1.29, 1.82) is 0 Å². The minimum atomic E-state index is -0.273. The van der Waals surface area contributed by atoms with Gasteiger partial charge in [0.2, 0.25) is 0 Å². The first-order valence-corrected chi connectivity index (χ1v) is 4.36. The molecule has 0 aromatic rings. The molecule has 0 saturated heterocycles. The quantitative estimate of drug-likeness (QED) is 0.717. The van der Waals surface area contributed by atoms with Gasteiger partial charge in [0.25, 0.3) is 0 Å². The lowest BCUT2D eigenvalue weighted by molar-refractivity contribution is 0.550. The summed E-state index contributed by atoms with van der Waals surface area (Å²) < 4.78 is -0.273. The summed E-state index contributed by atoms with van der Waals surface area (Å²) in [6, 6.07) is 0. The van der Waals surface area contributed by atoms with Gasteiger partial charge in [0.05, 0.1) is 0 Å². The molecule has 1 nitrogen and oxygen atoms in total. The maximum Gasteiger partial charge on any atom is 0.198 e. The van der Waals surface area contributed by atoms with Gasteiger partial charge in [-0.3, -0.25) is 4.79 Å². The van der Waals surface area contributed by atoms with E-state index >= 15 is 0 Å². The van der Waals surface area contributed by atoms with Crippen LogP contribution in [0.1, 0.15) is 12.8 Å². The second-order valence-electron chi connectivity index (χ2n) is 1.26. The van der Waals surface area contributed by atoms with Crippen LogP contribution < -0.4 is 0 Å². The van der Waals surface area contributed by atoms with Crippen LogP contribution in [-0.4, -0.2) is 8.43 Å². The Labute approximate surface area is 73.6 Å². The van der Waals surface area contributed by atoms with Crippen molar-refractivity contribution in [2.75, 3.05) is 0 Å². The van der Waals surface area contributed by atoms with Crippen LogP contribution in [0.4, 0.5) is 0 Å². The van der Waals surface area contributed by atoms with Crippen LogP contribution in [0.15, 0.2) is 0 Å². The number of hydrogen-bond acceptors (Lipinski definition) is 1. The Kier molecular flexibility index (Phi) is 4.57. The van der Waals surface area contributed by atoms with Gasteiger partial charge < -0.3 is 0 Å². The summed E-state index contributed by atoms with van der Waals surface area (Å²) in [4.78, 5) is 9.66. The summed E-state index contributed by atoms with van der Waals surface area (Å²) in [7, 11) is 0. The van der Waals surface area contributed by atoms with Crippen LogP contribution in [0.5, 0.6) is 0 Å². The Morgan fingerprint density at radius 3 is 2.00 bits per heavy atom. The lowest BCUT2D eigenvalue weighted by Gasteiger charge is -2.06. The molecule has 47 valence electrons. The summed E-state index contributed by atoms with van der Waals surface area (Å²) >= 11 is 9.70. The summed E-state index contributed by atoms with van der Waals surface area (Å²) in [6.07, 6.45) is 2.91. The Bertz CT molecular complexity index is 75.8. The van der Waals surface area contributed by atoms with Crippen molar-refractivity contribution in [3.8, 4) is 0 Å². The molecule has 0 atom stereocenters. The zero-order valence-corrected chi connectivity index (χ0v) is 8.71. The molecule has 0 aromatic heterocycles. The Morgan fingerprint density at radius 1 is 1.38 bits per heavy atom. The predicted octanol–water partition coefficient (Wildman–Crippen LogP) is 2.71. The number of alkyl halides is 3. The van der Waals surface area contributed by atoms with Gasteiger partial charge in [-0.05, 0) is 6.42 Å². The van der Waals surface area contributed by atoms with Gasteiger partial charge in [-0.15, -0.1) is 0 Å². The van der Waals surface area contributed by atoms with E-state index in [9.17, 15) is 4.79 Å². The van der Waals surface area contributed by atoms with E-state index in [0.29, 0.717) is 12.8 Å². The Balaban J connectivity index is 3.24. The van der Waals surface area contributed by atoms with Crippen molar-refractivity contribution >= 4 is 54.1 Å². The highest BCUT2D eigenvalue weighted by molar-refractivity contribution is 9.39. The van der Waals surface area contributed by atoms with Crippen molar-refractivity contribution in [2.24, 2.45) is 0 Å². The van der Waals surface area contributed by atoms with Crippen LogP contribution in [0.2, 0.25) is 0 Å². The second kappa shape index (κ2) is 4.01. The van der Waals surface area contributed by atoms with Crippen molar-refractivity contribution in [1.82, 2.24) is 0 Å². The lowest BCUT2D eigenvalue weighted by Crippen LogP contribution is -1.97. The average Bonchev–Trinajstić information content (AvgIpc) is 1.59. The summed E-state index contributed by atoms with van der Waals surface area (Å²) in [5.41, 5.74) is 0. The molecule has 4 heteroatoms. The Morgan fingerprint density at radius 2 is 1.88 bits per heavy atom. The molecule has 0 N–H and O–H groups in total. The first-order chi connectivity index (χ1) is 3.56. The standard InChI is InChI=1S/C4H4Br3O/c5-4(6,7)2-1-3-8/h1-2H2. The van der Waals surface area contributed by atoms with Crippen LogP contribution in [0.25, 0.3) is 0 Å². The lowest BCUT2D eigenvalue weighted by atomic mass is 10.4. The molecule has 1 radical (unpaired) electrons. The predicted molar refractivity (Wildman–Crippen MR) is 44.4 cm³/mol. The van der Waals surface area contributed by atoms with E-state index in [1.807, 2.05) is 0 Å². The molecule has 0 aliphatic carbocycles. The molecule has 0 rings (SSSR count). The minimum absolute atomic E-state index is 0.273. The van der Waals surface area contributed by atoms with Gasteiger partial charge in [0, 0.05) is 6.42 Å². The van der Waals surface area contributed by atoms with Crippen molar-refractivity contribution in [3.05, 3.63) is 0 Å². The minimum Gasteiger partial charge on any atom is -0.291 e. The summed E-state index contributed by atoms with van der Waals surface area (Å²) in [5, 5.41) is 0. The van der Waals surface area contributed by atoms with E-state index in [2.05, 4.69) is 47.8 Å². The fourth-order valence-corrected chi connectivity index (χ4v) is 0.788. The van der Waals surface area contributed by atoms with Gasteiger partial charge in [-0.1, -0.05) is 47.8 Å². The normalized spacial score (nSPS) is 11.4. The first-order valence-electron chi connectivity index (χ1n) is 1.98. The highest BCUT2D eigenvalue weighted by Gasteiger charge is 2.15. The molecule has 0 aromatic carbocycles. The molecule has 0 amide bonds. The molecule has 0 unspecified atom stereocenters. The largest absolute Gasteiger partial charge is 0.291 e. The highest BCUT2D eigenvalue weighted by Crippen LogP contribution is 2.37. The zero-order valence-electron chi connectivity index (χ0n) is 3.96. The van der Waals surface area contributed by atoms with Crippen molar-refractivity contribution < 1.29 is 4.79 Å². The van der Waals surface area contributed by atoms with Gasteiger partial charge >= 0.3 is 0 Å². The fraction of sp³-hybridized carbons (Fsp3) is 0.750. The van der Waals surface area contributed by atoms with E-state index < -0.39 is 0 Å². The van der Waals surface area contributed by atoms with Crippen LogP contribution in [0, 0.1) is 0 Å². The monoisotopic (exact) mass is 305 g/mol. The second-order valence-corrected chi connectivity index (χ2v) is 8.51. The SMILES string of the molecule is O=[C]CCC(Br)(Br)Br. The number of hydrogen-bond donors (Lipinski definition) is 0. The van der Waals surface area contributed by atoms with E-state index in [1.54, 1.807) is 6.29 Å². The van der Waals surface area contributed by atoms with E-state index in [-0.39, 0.29) is 2.14 Å². The number of carbonyl (C=O) groups excluding carboxylic acids is 1. The molecule has 0 fully saturated rings. The van der Waals surface area contributed by atoms with Crippen molar-refractivity contribution in [3.63, 3.8) is 0 Å². The van der Waals surface area contributed by atoms with Crippen LogP contribution in [0.3, 0.4) is 0 Å². The third-order valence-electron chi connectivity index (χ3n) is 0.511.